The highest BCUT2D eigenvalue weighted by Gasteiger charge is 2.36. The van der Waals surface area contributed by atoms with E-state index in [1.807, 2.05) is 0 Å². The van der Waals surface area contributed by atoms with Gasteiger partial charge in [0.05, 0.1) is 25.2 Å². The Morgan fingerprint density at radius 2 is 2.24 bits per heavy atom. The molecule has 2 aromatic heterocycles. The molecule has 1 fully saturated rings. The molecular formula is C22H32N4O2S. The zero-order valence-corrected chi connectivity index (χ0v) is 18.6. The summed E-state index contributed by atoms with van der Waals surface area (Å²) >= 11 is 1.80. The van der Waals surface area contributed by atoms with Crippen LogP contribution in [0.15, 0.2) is 29.5 Å². The number of aromatic nitrogens is 2. The van der Waals surface area contributed by atoms with Gasteiger partial charge in [-0.15, -0.1) is 11.3 Å². The molecule has 158 valence electrons. The molecule has 4 rings (SSSR count). The Balaban J connectivity index is 1.71. The average molecular weight is 417 g/mol. The molecule has 0 spiro atoms. The number of ether oxygens (including phenoxy) is 1. The Hall–Kier alpha value is -1.99. The lowest BCUT2D eigenvalue weighted by atomic mass is 10.00. The molecule has 0 bridgehead atoms. The van der Waals surface area contributed by atoms with Gasteiger partial charge in [0.1, 0.15) is 10.8 Å². The zero-order valence-electron chi connectivity index (χ0n) is 17.7. The van der Waals surface area contributed by atoms with Crippen LogP contribution in [-0.2, 0) is 11.3 Å². The van der Waals surface area contributed by atoms with Crippen molar-refractivity contribution in [3.05, 3.63) is 51.0 Å². The Morgan fingerprint density at radius 3 is 2.90 bits per heavy atom. The number of fused-ring (bicyclic) bond motifs is 1. The van der Waals surface area contributed by atoms with Crippen molar-refractivity contribution in [3.63, 3.8) is 0 Å². The van der Waals surface area contributed by atoms with E-state index >= 15 is 0 Å². The number of anilines is 1. The minimum atomic E-state index is 0.00835. The van der Waals surface area contributed by atoms with E-state index in [2.05, 4.69) is 42.2 Å². The molecule has 0 aromatic carbocycles. The van der Waals surface area contributed by atoms with Gasteiger partial charge in [-0.3, -0.25) is 4.79 Å². The number of H-pyrrole nitrogens is 1. The normalized spacial score (nSPS) is 21.8. The second-order valence-corrected chi connectivity index (χ2v) is 9.22. The molecule has 2 aliphatic heterocycles. The molecule has 6 nitrogen and oxygen atoms in total. The van der Waals surface area contributed by atoms with Crippen molar-refractivity contribution in [1.29, 1.82) is 0 Å². The van der Waals surface area contributed by atoms with Crippen molar-refractivity contribution in [3.8, 4) is 0 Å². The molecule has 1 N–H and O–H groups in total. The number of hydrogen-bond acceptors (Lipinski definition) is 5. The molecular weight excluding hydrogens is 384 g/mol. The van der Waals surface area contributed by atoms with Crippen LogP contribution in [0.1, 0.15) is 61.6 Å². The predicted octanol–water partition coefficient (Wildman–Crippen LogP) is 4.23. The van der Waals surface area contributed by atoms with Crippen molar-refractivity contribution in [2.75, 3.05) is 24.6 Å². The third kappa shape index (κ3) is 3.78. The molecule has 0 aliphatic carbocycles. The van der Waals surface area contributed by atoms with Gasteiger partial charge in [-0.05, 0) is 38.7 Å². The minimum Gasteiger partial charge on any atom is -0.376 e. The van der Waals surface area contributed by atoms with Crippen LogP contribution >= 0.6 is 11.3 Å². The van der Waals surface area contributed by atoms with E-state index < -0.39 is 0 Å². The third-order valence-electron chi connectivity index (χ3n) is 6.23. The Kier molecular flexibility index (Phi) is 5.88. The molecule has 4 heterocycles. The Bertz CT molecular complexity index is 922. The van der Waals surface area contributed by atoms with Crippen molar-refractivity contribution in [2.24, 2.45) is 0 Å². The van der Waals surface area contributed by atoms with Gasteiger partial charge in [0.15, 0.2) is 0 Å². The molecule has 2 atom stereocenters. The summed E-state index contributed by atoms with van der Waals surface area (Å²) in [6.07, 6.45) is 6.53. The number of nitrogens with zero attached hydrogens (tertiary/aromatic N) is 3. The van der Waals surface area contributed by atoms with E-state index in [-0.39, 0.29) is 17.7 Å². The molecule has 7 heteroatoms. The van der Waals surface area contributed by atoms with Gasteiger partial charge < -0.3 is 19.6 Å². The lowest BCUT2D eigenvalue weighted by Gasteiger charge is -2.44. The van der Waals surface area contributed by atoms with Crippen molar-refractivity contribution in [2.45, 2.75) is 65.1 Å². The van der Waals surface area contributed by atoms with Gasteiger partial charge in [-0.2, -0.15) is 0 Å². The van der Waals surface area contributed by atoms with Crippen molar-refractivity contribution < 1.29 is 4.74 Å². The predicted molar refractivity (Wildman–Crippen MR) is 119 cm³/mol. The number of unbranched alkanes of at least 4 members (excludes halogenated alkanes) is 1. The van der Waals surface area contributed by atoms with Crippen LogP contribution in [0.4, 0.5) is 5.00 Å². The van der Waals surface area contributed by atoms with E-state index in [0.717, 1.165) is 44.8 Å². The molecule has 1 saturated heterocycles. The number of rotatable bonds is 7. The van der Waals surface area contributed by atoms with Gasteiger partial charge >= 0.3 is 0 Å². The van der Waals surface area contributed by atoms with E-state index in [4.69, 9.17) is 4.74 Å². The quantitative estimate of drug-likeness (QED) is 0.734. The van der Waals surface area contributed by atoms with E-state index in [9.17, 15) is 4.79 Å². The molecule has 29 heavy (non-hydrogen) atoms. The first kappa shape index (κ1) is 20.3. The maximum absolute atomic E-state index is 12.0. The van der Waals surface area contributed by atoms with Gasteiger partial charge in [0.25, 0.3) is 5.56 Å². The molecule has 0 radical (unpaired) electrons. The minimum absolute atomic E-state index is 0.00835. The lowest BCUT2D eigenvalue weighted by molar-refractivity contribution is 0.113. The SMILES string of the molecule is C=C1N(CC2CCCO2)c2sc(Cn3[nH]ccc3=O)c(C)c2C(C)N1CCCC. The van der Waals surface area contributed by atoms with Crippen LogP contribution in [0.3, 0.4) is 0 Å². The summed E-state index contributed by atoms with van der Waals surface area (Å²) in [6, 6.07) is 1.86. The number of nitrogens with one attached hydrogen (secondary N) is 1. The van der Waals surface area contributed by atoms with Gasteiger partial charge in [-0.1, -0.05) is 19.9 Å². The van der Waals surface area contributed by atoms with Crippen LogP contribution in [0.5, 0.6) is 0 Å². The largest absolute Gasteiger partial charge is 0.376 e. The standard InChI is InChI=1S/C22H32N4O2S/c1-5-6-11-24-16(3)21-15(2)19(14-26-20(27)9-10-23-26)29-22(21)25(17(24)4)13-18-8-7-12-28-18/h9-10,16,18,23H,4-8,11-14H2,1-3H3. The highest BCUT2D eigenvalue weighted by molar-refractivity contribution is 7.16. The van der Waals surface area contributed by atoms with E-state index in [1.165, 1.54) is 27.4 Å². The summed E-state index contributed by atoms with van der Waals surface area (Å²) in [5, 5.41) is 4.31. The van der Waals surface area contributed by atoms with Gasteiger partial charge in [-0.25, -0.2) is 4.68 Å². The van der Waals surface area contributed by atoms with Crippen LogP contribution in [0.25, 0.3) is 0 Å². The second-order valence-electron chi connectivity index (χ2n) is 8.14. The van der Waals surface area contributed by atoms with E-state index in [1.54, 1.807) is 28.3 Å². The fourth-order valence-electron chi connectivity index (χ4n) is 4.50. The molecule has 0 amide bonds. The molecule has 2 aromatic rings. The van der Waals surface area contributed by atoms with Crippen molar-refractivity contribution >= 4 is 16.3 Å². The Morgan fingerprint density at radius 1 is 1.41 bits per heavy atom. The van der Waals surface area contributed by atoms with Crippen LogP contribution in [-0.4, -0.2) is 40.5 Å². The van der Waals surface area contributed by atoms with Crippen LogP contribution < -0.4 is 10.5 Å². The summed E-state index contributed by atoms with van der Waals surface area (Å²) < 4.78 is 7.62. The topological polar surface area (TPSA) is 53.5 Å². The first-order valence-electron chi connectivity index (χ1n) is 10.7. The van der Waals surface area contributed by atoms with Crippen molar-refractivity contribution in [1.82, 2.24) is 14.7 Å². The maximum Gasteiger partial charge on any atom is 0.266 e. The van der Waals surface area contributed by atoms with Gasteiger partial charge in [0, 0.05) is 35.9 Å². The third-order valence-corrected chi connectivity index (χ3v) is 7.55. The average Bonchev–Trinajstić information content (AvgIpc) is 3.42. The zero-order chi connectivity index (χ0) is 20.5. The Labute approximate surface area is 176 Å². The van der Waals surface area contributed by atoms with Gasteiger partial charge in [0.2, 0.25) is 0 Å². The highest BCUT2D eigenvalue weighted by atomic mass is 32.1. The fourth-order valence-corrected chi connectivity index (χ4v) is 5.92. The monoisotopic (exact) mass is 416 g/mol. The molecule has 2 unspecified atom stereocenters. The van der Waals surface area contributed by atoms with Crippen LogP contribution in [0.2, 0.25) is 0 Å². The molecule has 2 aliphatic rings. The number of hydrogen-bond donors (Lipinski definition) is 1. The number of aromatic amines is 1. The summed E-state index contributed by atoms with van der Waals surface area (Å²) in [6.45, 7) is 14.5. The first-order valence-corrected chi connectivity index (χ1v) is 11.5. The summed E-state index contributed by atoms with van der Waals surface area (Å²) in [5.74, 6) is 1.08. The summed E-state index contributed by atoms with van der Waals surface area (Å²) in [5.41, 5.74) is 2.69. The fraction of sp³-hybridized carbons (Fsp3) is 0.591. The van der Waals surface area contributed by atoms with Crippen LogP contribution in [0, 0.1) is 6.92 Å². The van der Waals surface area contributed by atoms with E-state index in [0.29, 0.717) is 6.54 Å². The second kappa shape index (κ2) is 8.40. The molecule has 0 saturated carbocycles. The smallest absolute Gasteiger partial charge is 0.266 e. The number of thiophene rings is 1. The summed E-state index contributed by atoms with van der Waals surface area (Å²) in [4.78, 5) is 18.1. The lowest BCUT2D eigenvalue weighted by Crippen LogP contribution is -2.44. The first-order chi connectivity index (χ1) is 14.0. The summed E-state index contributed by atoms with van der Waals surface area (Å²) in [7, 11) is 0. The highest BCUT2D eigenvalue weighted by Crippen LogP contribution is 2.48. The maximum atomic E-state index is 12.0.